The Morgan fingerprint density at radius 3 is 2.70 bits per heavy atom. The molecule has 0 fully saturated rings. The molecule has 108 valence electrons. The van der Waals surface area contributed by atoms with Crippen LogP contribution in [-0.2, 0) is 16.6 Å². The van der Waals surface area contributed by atoms with Crippen LogP contribution in [0.25, 0.3) is 0 Å². The van der Waals surface area contributed by atoms with Gasteiger partial charge in [-0.2, -0.15) is 9.40 Å². The summed E-state index contributed by atoms with van der Waals surface area (Å²) in [4.78, 5) is 0.160. The minimum atomic E-state index is -3.57. The Balaban J connectivity index is 2.33. The SMILES string of the molecule is CC(C)N(Cc1cccc(Cl)c1)S(=O)(=O)c1cn[nH]c1. The molecule has 0 amide bonds. The molecule has 5 nitrogen and oxygen atoms in total. The van der Waals surface area contributed by atoms with Gasteiger partial charge in [0.1, 0.15) is 4.90 Å². The van der Waals surface area contributed by atoms with Gasteiger partial charge in [-0.25, -0.2) is 8.42 Å². The highest BCUT2D eigenvalue weighted by Crippen LogP contribution is 2.21. The van der Waals surface area contributed by atoms with Crippen LogP contribution in [-0.4, -0.2) is 29.0 Å². The van der Waals surface area contributed by atoms with E-state index in [0.717, 1.165) is 5.56 Å². The van der Waals surface area contributed by atoms with Gasteiger partial charge in [-0.05, 0) is 31.5 Å². The molecule has 0 saturated carbocycles. The van der Waals surface area contributed by atoms with Crippen LogP contribution in [0.4, 0.5) is 0 Å². The van der Waals surface area contributed by atoms with Gasteiger partial charge in [0.05, 0.1) is 6.20 Å². The number of benzene rings is 1. The standard InChI is InChI=1S/C13H16ClN3O2S/c1-10(2)17(9-11-4-3-5-12(14)6-11)20(18,19)13-7-15-16-8-13/h3-8,10H,9H2,1-2H3,(H,15,16). The molecule has 0 saturated heterocycles. The summed E-state index contributed by atoms with van der Waals surface area (Å²) in [5.41, 5.74) is 0.846. The van der Waals surface area contributed by atoms with Crippen LogP contribution in [0.1, 0.15) is 19.4 Å². The average molecular weight is 314 g/mol. The van der Waals surface area contributed by atoms with Crippen molar-refractivity contribution in [3.05, 3.63) is 47.2 Å². The van der Waals surface area contributed by atoms with Gasteiger partial charge in [0.15, 0.2) is 0 Å². The van der Waals surface area contributed by atoms with Gasteiger partial charge in [0.2, 0.25) is 10.0 Å². The number of halogens is 1. The van der Waals surface area contributed by atoms with E-state index in [-0.39, 0.29) is 17.5 Å². The predicted octanol–water partition coefficient (Wildman–Crippen LogP) is 2.66. The highest BCUT2D eigenvalue weighted by Gasteiger charge is 2.27. The highest BCUT2D eigenvalue weighted by molar-refractivity contribution is 7.89. The summed E-state index contributed by atoms with van der Waals surface area (Å²) < 4.78 is 26.5. The maximum Gasteiger partial charge on any atom is 0.246 e. The van der Waals surface area contributed by atoms with Crippen molar-refractivity contribution in [3.63, 3.8) is 0 Å². The van der Waals surface area contributed by atoms with E-state index in [0.29, 0.717) is 5.02 Å². The molecular formula is C13H16ClN3O2S. The zero-order valence-electron chi connectivity index (χ0n) is 11.2. The fourth-order valence-corrected chi connectivity index (χ4v) is 3.62. The van der Waals surface area contributed by atoms with Gasteiger partial charge < -0.3 is 0 Å². The molecule has 2 aromatic rings. The molecule has 7 heteroatoms. The fraction of sp³-hybridized carbons (Fsp3) is 0.308. The number of sulfonamides is 1. The lowest BCUT2D eigenvalue weighted by Gasteiger charge is -2.25. The molecule has 0 aliphatic rings. The van der Waals surface area contributed by atoms with Gasteiger partial charge in [0, 0.05) is 23.8 Å². The molecule has 0 radical (unpaired) electrons. The number of rotatable bonds is 5. The zero-order chi connectivity index (χ0) is 14.8. The number of hydrogen-bond acceptors (Lipinski definition) is 3. The molecule has 0 aliphatic heterocycles. The molecule has 2 rings (SSSR count). The van der Waals surface area contributed by atoms with Crippen LogP contribution in [0.15, 0.2) is 41.6 Å². The number of nitrogens with one attached hydrogen (secondary N) is 1. The topological polar surface area (TPSA) is 66.1 Å². The molecule has 1 aromatic carbocycles. The Labute approximate surface area is 123 Å². The van der Waals surface area contributed by atoms with Gasteiger partial charge >= 0.3 is 0 Å². The van der Waals surface area contributed by atoms with E-state index in [2.05, 4.69) is 10.2 Å². The third-order valence-electron chi connectivity index (χ3n) is 2.88. The molecule has 20 heavy (non-hydrogen) atoms. The van der Waals surface area contributed by atoms with E-state index in [9.17, 15) is 8.42 Å². The fourth-order valence-electron chi connectivity index (χ4n) is 1.88. The number of hydrogen-bond donors (Lipinski definition) is 1. The average Bonchev–Trinajstić information content (AvgIpc) is 2.90. The van der Waals surface area contributed by atoms with E-state index >= 15 is 0 Å². The summed E-state index contributed by atoms with van der Waals surface area (Å²) in [6, 6.07) is 7.01. The van der Waals surface area contributed by atoms with Crippen LogP contribution in [0.2, 0.25) is 5.02 Å². The van der Waals surface area contributed by atoms with Crippen molar-refractivity contribution in [1.29, 1.82) is 0 Å². The number of H-pyrrole nitrogens is 1. The summed E-state index contributed by atoms with van der Waals surface area (Å²) in [5.74, 6) is 0. The summed E-state index contributed by atoms with van der Waals surface area (Å²) >= 11 is 5.94. The van der Waals surface area contributed by atoms with Gasteiger partial charge in [-0.1, -0.05) is 23.7 Å². The molecular weight excluding hydrogens is 298 g/mol. The molecule has 0 aliphatic carbocycles. The zero-order valence-corrected chi connectivity index (χ0v) is 12.8. The maximum absolute atomic E-state index is 12.6. The minimum absolute atomic E-state index is 0.160. The van der Waals surface area contributed by atoms with Crippen LogP contribution in [0.3, 0.4) is 0 Å². The van der Waals surface area contributed by atoms with Gasteiger partial charge in [-0.15, -0.1) is 0 Å². The van der Waals surface area contributed by atoms with Crippen molar-refractivity contribution in [2.45, 2.75) is 31.3 Å². The van der Waals surface area contributed by atoms with Crippen molar-refractivity contribution in [3.8, 4) is 0 Å². The lowest BCUT2D eigenvalue weighted by Crippen LogP contribution is -2.36. The van der Waals surface area contributed by atoms with Crippen molar-refractivity contribution >= 4 is 21.6 Å². The first kappa shape index (κ1) is 15.0. The quantitative estimate of drug-likeness (QED) is 0.923. The molecule has 1 aromatic heterocycles. The van der Waals surface area contributed by atoms with Crippen molar-refractivity contribution in [2.75, 3.05) is 0 Å². The molecule has 0 spiro atoms. The normalized spacial score (nSPS) is 12.2. The molecule has 0 atom stereocenters. The summed E-state index contributed by atoms with van der Waals surface area (Å²) in [6.45, 7) is 3.94. The lowest BCUT2D eigenvalue weighted by molar-refractivity contribution is 0.348. The van der Waals surface area contributed by atoms with E-state index in [4.69, 9.17) is 11.6 Å². The second-order valence-corrected chi connectivity index (χ2v) is 7.03. The van der Waals surface area contributed by atoms with Crippen LogP contribution in [0.5, 0.6) is 0 Å². The summed E-state index contributed by atoms with van der Waals surface area (Å²) in [7, 11) is -3.57. The van der Waals surface area contributed by atoms with Crippen molar-refractivity contribution in [1.82, 2.24) is 14.5 Å². The molecule has 1 N–H and O–H groups in total. The Kier molecular flexibility index (Phi) is 4.47. The Morgan fingerprint density at radius 1 is 1.40 bits per heavy atom. The van der Waals surface area contributed by atoms with Crippen LogP contribution < -0.4 is 0 Å². The Bertz CT molecular complexity index is 669. The summed E-state index contributed by atoms with van der Waals surface area (Å²) in [5, 5.41) is 6.81. The van der Waals surface area contributed by atoms with E-state index in [1.54, 1.807) is 18.2 Å². The van der Waals surface area contributed by atoms with Gasteiger partial charge in [0.25, 0.3) is 0 Å². The Morgan fingerprint density at radius 2 is 2.15 bits per heavy atom. The summed E-state index contributed by atoms with van der Waals surface area (Å²) in [6.07, 6.45) is 2.69. The van der Waals surface area contributed by atoms with E-state index in [1.165, 1.54) is 16.7 Å². The maximum atomic E-state index is 12.6. The Hall–Kier alpha value is -1.37. The number of nitrogens with zero attached hydrogens (tertiary/aromatic N) is 2. The third kappa shape index (κ3) is 3.20. The molecule has 0 unspecified atom stereocenters. The first-order chi connectivity index (χ1) is 9.41. The van der Waals surface area contributed by atoms with Crippen molar-refractivity contribution < 1.29 is 8.42 Å². The predicted molar refractivity (Wildman–Crippen MR) is 77.9 cm³/mol. The molecule has 0 bridgehead atoms. The van der Waals surface area contributed by atoms with E-state index in [1.807, 2.05) is 19.9 Å². The minimum Gasteiger partial charge on any atom is -0.284 e. The van der Waals surface area contributed by atoms with Gasteiger partial charge in [-0.3, -0.25) is 5.10 Å². The lowest BCUT2D eigenvalue weighted by atomic mass is 10.2. The third-order valence-corrected chi connectivity index (χ3v) is 5.11. The van der Waals surface area contributed by atoms with Crippen LogP contribution in [0, 0.1) is 0 Å². The smallest absolute Gasteiger partial charge is 0.246 e. The second kappa shape index (κ2) is 5.95. The highest BCUT2D eigenvalue weighted by atomic mass is 35.5. The van der Waals surface area contributed by atoms with Crippen molar-refractivity contribution in [2.24, 2.45) is 0 Å². The van der Waals surface area contributed by atoms with E-state index < -0.39 is 10.0 Å². The molecule has 1 heterocycles. The number of aromatic nitrogens is 2. The van der Waals surface area contributed by atoms with Crippen LogP contribution >= 0.6 is 11.6 Å². The first-order valence-corrected chi connectivity index (χ1v) is 7.98. The number of aromatic amines is 1. The first-order valence-electron chi connectivity index (χ1n) is 6.16. The monoisotopic (exact) mass is 313 g/mol. The second-order valence-electron chi connectivity index (χ2n) is 4.71. The largest absolute Gasteiger partial charge is 0.284 e.